The van der Waals surface area contributed by atoms with Crippen LogP contribution in [0.15, 0.2) is 53.4 Å². The monoisotopic (exact) mass is 390 g/mol. The summed E-state index contributed by atoms with van der Waals surface area (Å²) >= 11 is 0. The maximum Gasteiger partial charge on any atom is 0.335 e. The molecule has 0 spiro atoms. The first-order valence-electron chi connectivity index (χ1n) is 9.01. The Bertz CT molecular complexity index is 867. The van der Waals surface area contributed by atoms with Crippen molar-refractivity contribution in [3.63, 3.8) is 0 Å². The van der Waals surface area contributed by atoms with Crippen LogP contribution in [0.1, 0.15) is 42.6 Å². The van der Waals surface area contributed by atoms with Gasteiger partial charge in [-0.25, -0.2) is 17.9 Å². The zero-order valence-corrected chi connectivity index (χ0v) is 16.4. The summed E-state index contributed by atoms with van der Waals surface area (Å²) in [5.41, 5.74) is 1.37. The van der Waals surface area contributed by atoms with E-state index in [9.17, 15) is 18.3 Å². The molecule has 2 aromatic rings. The van der Waals surface area contributed by atoms with E-state index >= 15 is 0 Å². The maximum atomic E-state index is 12.8. The van der Waals surface area contributed by atoms with Gasteiger partial charge in [-0.1, -0.05) is 43.7 Å². The smallest absolute Gasteiger partial charge is 0.335 e. The van der Waals surface area contributed by atoms with E-state index < -0.39 is 16.0 Å². The molecule has 2 rings (SSSR count). The number of anilines is 1. The molecule has 0 aliphatic heterocycles. The minimum Gasteiger partial charge on any atom is -0.478 e. The first-order valence-corrected chi connectivity index (χ1v) is 10.5. The average molecular weight is 391 g/mol. The molecule has 0 aliphatic carbocycles. The largest absolute Gasteiger partial charge is 0.478 e. The van der Waals surface area contributed by atoms with E-state index in [0.717, 1.165) is 18.4 Å². The standard InChI is InChI=1S/C20H26N2O4S/c1-3-7-15(2)22-18-11-10-17(20(23)24)14-19(18)27(25,26)21-13-12-16-8-5-4-6-9-16/h4-6,8-11,14-15,21-22H,3,7,12-13H2,1-2H3,(H,23,24). The molecule has 6 nitrogen and oxygen atoms in total. The molecule has 3 N–H and O–H groups in total. The molecule has 0 amide bonds. The van der Waals surface area contributed by atoms with Crippen LogP contribution in [0.25, 0.3) is 0 Å². The van der Waals surface area contributed by atoms with E-state index in [-0.39, 0.29) is 23.0 Å². The number of hydrogen-bond donors (Lipinski definition) is 3. The Morgan fingerprint density at radius 3 is 2.48 bits per heavy atom. The van der Waals surface area contributed by atoms with Crippen molar-refractivity contribution in [3.05, 3.63) is 59.7 Å². The summed E-state index contributed by atoms with van der Waals surface area (Å²) in [6, 6.07) is 13.8. The molecule has 7 heteroatoms. The Balaban J connectivity index is 2.23. The molecule has 146 valence electrons. The summed E-state index contributed by atoms with van der Waals surface area (Å²) in [7, 11) is -3.85. The summed E-state index contributed by atoms with van der Waals surface area (Å²) in [4.78, 5) is 11.2. The maximum absolute atomic E-state index is 12.8. The summed E-state index contributed by atoms with van der Waals surface area (Å²) in [6.45, 7) is 4.25. The molecule has 0 radical (unpaired) electrons. The highest BCUT2D eigenvalue weighted by Crippen LogP contribution is 2.24. The second-order valence-corrected chi connectivity index (χ2v) is 8.22. The predicted octanol–water partition coefficient (Wildman–Crippen LogP) is 3.51. The lowest BCUT2D eigenvalue weighted by molar-refractivity contribution is 0.0696. The van der Waals surface area contributed by atoms with Gasteiger partial charge in [-0.3, -0.25) is 0 Å². The number of nitrogens with one attached hydrogen (secondary N) is 2. The van der Waals surface area contributed by atoms with Crippen molar-refractivity contribution in [2.45, 2.75) is 44.0 Å². The number of carboxylic acid groups (broad SMARTS) is 1. The molecule has 1 unspecified atom stereocenters. The Morgan fingerprint density at radius 2 is 1.85 bits per heavy atom. The molecule has 0 saturated heterocycles. The summed E-state index contributed by atoms with van der Waals surface area (Å²) < 4.78 is 28.2. The van der Waals surface area contributed by atoms with Gasteiger partial charge in [0.1, 0.15) is 4.90 Å². The summed E-state index contributed by atoms with van der Waals surface area (Å²) in [5.74, 6) is -1.16. The lowest BCUT2D eigenvalue weighted by Crippen LogP contribution is -2.28. The zero-order chi connectivity index (χ0) is 19.9. The Kier molecular flexibility index (Phi) is 7.38. The van der Waals surface area contributed by atoms with Crippen molar-refractivity contribution in [1.29, 1.82) is 0 Å². The third kappa shape index (κ3) is 6.08. The predicted molar refractivity (Wildman–Crippen MR) is 107 cm³/mol. The van der Waals surface area contributed by atoms with E-state index in [4.69, 9.17) is 0 Å². The molecule has 0 saturated carbocycles. The molecule has 0 aliphatic rings. The number of sulfonamides is 1. The fraction of sp³-hybridized carbons (Fsp3) is 0.350. The van der Waals surface area contributed by atoms with Crippen LogP contribution in [0.2, 0.25) is 0 Å². The van der Waals surface area contributed by atoms with Crippen molar-refractivity contribution in [1.82, 2.24) is 4.72 Å². The fourth-order valence-corrected chi connectivity index (χ4v) is 4.04. The molecule has 27 heavy (non-hydrogen) atoms. The second kappa shape index (κ2) is 9.53. The molecule has 1 atom stereocenters. The first-order chi connectivity index (χ1) is 12.8. The van der Waals surface area contributed by atoms with Gasteiger partial charge in [0.25, 0.3) is 0 Å². The van der Waals surface area contributed by atoms with Crippen LogP contribution in [0.4, 0.5) is 5.69 Å². The zero-order valence-electron chi connectivity index (χ0n) is 15.6. The third-order valence-corrected chi connectivity index (χ3v) is 5.69. The highest BCUT2D eigenvalue weighted by atomic mass is 32.2. The van der Waals surface area contributed by atoms with E-state index in [1.54, 1.807) is 0 Å². The molecule has 0 fully saturated rings. The van der Waals surface area contributed by atoms with Gasteiger partial charge in [0.05, 0.1) is 11.3 Å². The number of aromatic carboxylic acids is 1. The van der Waals surface area contributed by atoms with Crippen molar-refractivity contribution >= 4 is 21.7 Å². The number of rotatable bonds is 10. The Morgan fingerprint density at radius 1 is 1.15 bits per heavy atom. The van der Waals surface area contributed by atoms with Crippen molar-refractivity contribution in [2.75, 3.05) is 11.9 Å². The van der Waals surface area contributed by atoms with Gasteiger partial charge in [-0.15, -0.1) is 0 Å². The van der Waals surface area contributed by atoms with Gasteiger partial charge in [0.2, 0.25) is 10.0 Å². The number of carbonyl (C=O) groups is 1. The number of hydrogen-bond acceptors (Lipinski definition) is 4. The number of benzene rings is 2. The van der Waals surface area contributed by atoms with Crippen LogP contribution in [-0.4, -0.2) is 32.1 Å². The van der Waals surface area contributed by atoms with Crippen LogP contribution >= 0.6 is 0 Å². The normalized spacial score (nSPS) is 12.5. The minimum atomic E-state index is -3.85. The third-order valence-electron chi connectivity index (χ3n) is 4.19. The van der Waals surface area contributed by atoms with Crippen LogP contribution < -0.4 is 10.0 Å². The van der Waals surface area contributed by atoms with Crippen LogP contribution in [0.5, 0.6) is 0 Å². The summed E-state index contributed by atoms with van der Waals surface area (Å²) in [6.07, 6.45) is 2.38. The van der Waals surface area contributed by atoms with Crippen molar-refractivity contribution < 1.29 is 18.3 Å². The molecule has 2 aromatic carbocycles. The van der Waals surface area contributed by atoms with Crippen LogP contribution in [0.3, 0.4) is 0 Å². The first kappa shape index (κ1) is 20.9. The molecular formula is C20H26N2O4S. The van der Waals surface area contributed by atoms with Gasteiger partial charge in [0, 0.05) is 12.6 Å². The highest BCUT2D eigenvalue weighted by molar-refractivity contribution is 7.89. The van der Waals surface area contributed by atoms with Gasteiger partial charge in [0.15, 0.2) is 0 Å². The van der Waals surface area contributed by atoms with Gasteiger partial charge >= 0.3 is 5.97 Å². The van der Waals surface area contributed by atoms with Gasteiger partial charge in [-0.2, -0.15) is 0 Å². The van der Waals surface area contributed by atoms with Crippen LogP contribution in [0, 0.1) is 0 Å². The van der Waals surface area contributed by atoms with E-state index in [0.29, 0.717) is 12.1 Å². The average Bonchev–Trinajstić information content (AvgIpc) is 2.62. The van der Waals surface area contributed by atoms with E-state index in [2.05, 4.69) is 17.0 Å². The Labute approximate surface area is 160 Å². The van der Waals surface area contributed by atoms with Gasteiger partial charge in [-0.05, 0) is 43.5 Å². The lowest BCUT2D eigenvalue weighted by atomic mass is 10.1. The molecule has 0 bridgehead atoms. The number of carboxylic acids is 1. The highest BCUT2D eigenvalue weighted by Gasteiger charge is 2.21. The minimum absolute atomic E-state index is 0.0431. The van der Waals surface area contributed by atoms with Crippen LogP contribution in [-0.2, 0) is 16.4 Å². The summed E-state index contributed by atoms with van der Waals surface area (Å²) in [5, 5.41) is 12.4. The molecule has 0 heterocycles. The topological polar surface area (TPSA) is 95.5 Å². The van der Waals surface area contributed by atoms with E-state index in [1.807, 2.05) is 37.3 Å². The SMILES string of the molecule is CCCC(C)Nc1ccc(C(=O)O)cc1S(=O)(=O)NCCc1ccccc1. The van der Waals surface area contributed by atoms with Gasteiger partial charge < -0.3 is 10.4 Å². The fourth-order valence-electron chi connectivity index (χ4n) is 2.82. The van der Waals surface area contributed by atoms with Crippen molar-refractivity contribution in [3.8, 4) is 0 Å². The van der Waals surface area contributed by atoms with Crippen molar-refractivity contribution in [2.24, 2.45) is 0 Å². The quantitative estimate of drug-likeness (QED) is 0.577. The lowest BCUT2D eigenvalue weighted by Gasteiger charge is -2.18. The second-order valence-electron chi connectivity index (χ2n) is 6.48. The molecule has 0 aromatic heterocycles. The van der Waals surface area contributed by atoms with E-state index in [1.165, 1.54) is 18.2 Å². The molecular weight excluding hydrogens is 364 g/mol. The Hall–Kier alpha value is -2.38.